The maximum atomic E-state index is 9.15. The number of rotatable bonds is 15. The van der Waals surface area contributed by atoms with E-state index in [9.17, 15) is 0 Å². The van der Waals surface area contributed by atoms with E-state index in [1.54, 1.807) is 0 Å². The van der Waals surface area contributed by atoms with E-state index in [4.69, 9.17) is 19.7 Å². The van der Waals surface area contributed by atoms with Crippen LogP contribution >= 0.6 is 0 Å². The Morgan fingerprint density at radius 2 is 1.52 bits per heavy atom. The summed E-state index contributed by atoms with van der Waals surface area (Å²) in [5.74, 6) is 0. The van der Waals surface area contributed by atoms with E-state index in [0.29, 0.717) is 0 Å². The third-order valence-electron chi connectivity index (χ3n) is 4.04. The lowest BCUT2D eigenvalue weighted by Crippen LogP contribution is -2.20. The first-order valence-corrected chi connectivity index (χ1v) is 8.84. The first kappa shape index (κ1) is 18.9. The number of unbranched alkanes of at least 4 members (excludes halogenated alkanes) is 9. The standard InChI is InChI=1S/C17H34O4/c1-2-3-4-5-6-7-8-9-10-11-12-16-17(21-16)20-14-15(19)13-18/h15-19H,2-14H2,1H3. The molecule has 0 saturated carbocycles. The molecule has 2 N–H and O–H groups in total. The van der Waals surface area contributed by atoms with Gasteiger partial charge in [0.25, 0.3) is 0 Å². The Bertz CT molecular complexity index is 235. The predicted molar refractivity (Wildman–Crippen MR) is 84.2 cm³/mol. The van der Waals surface area contributed by atoms with Gasteiger partial charge in [-0.15, -0.1) is 0 Å². The summed E-state index contributed by atoms with van der Waals surface area (Å²) in [6.07, 6.45) is 13.8. The molecular weight excluding hydrogens is 268 g/mol. The summed E-state index contributed by atoms with van der Waals surface area (Å²) in [5.41, 5.74) is 0. The average Bonchev–Trinajstić information content (AvgIpc) is 3.25. The van der Waals surface area contributed by atoms with Crippen LogP contribution < -0.4 is 0 Å². The van der Waals surface area contributed by atoms with Gasteiger partial charge in [0, 0.05) is 0 Å². The second-order valence-electron chi connectivity index (χ2n) is 6.18. The summed E-state index contributed by atoms with van der Waals surface area (Å²) < 4.78 is 10.7. The lowest BCUT2D eigenvalue weighted by Gasteiger charge is -2.05. The molecule has 0 aromatic carbocycles. The Labute approximate surface area is 129 Å². The van der Waals surface area contributed by atoms with E-state index in [2.05, 4.69) is 6.92 Å². The molecule has 0 radical (unpaired) electrons. The Morgan fingerprint density at radius 1 is 0.952 bits per heavy atom. The normalized spacial score (nSPS) is 22.4. The van der Waals surface area contributed by atoms with Gasteiger partial charge in [-0.3, -0.25) is 0 Å². The van der Waals surface area contributed by atoms with Gasteiger partial charge in [0.05, 0.1) is 13.2 Å². The molecule has 21 heavy (non-hydrogen) atoms. The summed E-state index contributed by atoms with van der Waals surface area (Å²) in [7, 11) is 0. The van der Waals surface area contributed by atoms with Crippen LogP contribution in [0.1, 0.15) is 77.6 Å². The largest absolute Gasteiger partial charge is 0.394 e. The van der Waals surface area contributed by atoms with Gasteiger partial charge in [-0.05, 0) is 6.42 Å². The minimum atomic E-state index is -0.785. The van der Waals surface area contributed by atoms with Gasteiger partial charge >= 0.3 is 0 Å². The molecule has 1 rings (SSSR count). The van der Waals surface area contributed by atoms with Crippen LogP contribution in [0.4, 0.5) is 0 Å². The SMILES string of the molecule is CCCCCCCCCCCCC1OC1OCC(O)CO. The van der Waals surface area contributed by atoms with E-state index >= 15 is 0 Å². The topological polar surface area (TPSA) is 62.2 Å². The molecule has 0 amide bonds. The van der Waals surface area contributed by atoms with E-state index in [0.717, 1.165) is 6.42 Å². The summed E-state index contributed by atoms with van der Waals surface area (Å²) in [6, 6.07) is 0. The smallest absolute Gasteiger partial charge is 0.184 e. The summed E-state index contributed by atoms with van der Waals surface area (Å²) in [4.78, 5) is 0. The number of ether oxygens (including phenoxy) is 2. The van der Waals surface area contributed by atoms with Crippen LogP contribution in [0.5, 0.6) is 0 Å². The van der Waals surface area contributed by atoms with Gasteiger partial charge < -0.3 is 19.7 Å². The summed E-state index contributed by atoms with van der Waals surface area (Å²) >= 11 is 0. The monoisotopic (exact) mass is 302 g/mol. The molecule has 0 spiro atoms. The van der Waals surface area contributed by atoms with Crippen LogP contribution in [0.2, 0.25) is 0 Å². The van der Waals surface area contributed by atoms with Crippen molar-refractivity contribution in [3.05, 3.63) is 0 Å². The van der Waals surface area contributed by atoms with Gasteiger partial charge in [-0.1, -0.05) is 71.1 Å². The van der Waals surface area contributed by atoms with Crippen molar-refractivity contribution in [2.45, 2.75) is 96.1 Å². The first-order chi connectivity index (χ1) is 10.3. The second-order valence-corrected chi connectivity index (χ2v) is 6.18. The van der Waals surface area contributed by atoms with Crippen molar-refractivity contribution in [3.8, 4) is 0 Å². The molecule has 3 unspecified atom stereocenters. The maximum Gasteiger partial charge on any atom is 0.184 e. The fraction of sp³-hybridized carbons (Fsp3) is 1.00. The molecule has 1 fully saturated rings. The fourth-order valence-electron chi connectivity index (χ4n) is 2.57. The molecule has 1 heterocycles. The van der Waals surface area contributed by atoms with Crippen molar-refractivity contribution < 1.29 is 19.7 Å². The van der Waals surface area contributed by atoms with Crippen LogP contribution in [0, 0.1) is 0 Å². The molecule has 126 valence electrons. The average molecular weight is 302 g/mol. The van der Waals surface area contributed by atoms with Gasteiger partial charge in [0.15, 0.2) is 6.29 Å². The Kier molecular flexibility index (Phi) is 11.1. The first-order valence-electron chi connectivity index (χ1n) is 8.84. The fourth-order valence-corrected chi connectivity index (χ4v) is 2.57. The molecule has 0 aliphatic carbocycles. The number of epoxide rings is 1. The zero-order chi connectivity index (χ0) is 15.3. The molecule has 0 aromatic rings. The van der Waals surface area contributed by atoms with Gasteiger partial charge in [0.2, 0.25) is 0 Å². The zero-order valence-electron chi connectivity index (χ0n) is 13.6. The molecular formula is C17H34O4. The summed E-state index contributed by atoms with van der Waals surface area (Å²) in [5, 5.41) is 17.8. The molecule has 0 aromatic heterocycles. The third-order valence-corrected chi connectivity index (χ3v) is 4.04. The van der Waals surface area contributed by atoms with E-state index in [-0.39, 0.29) is 25.6 Å². The van der Waals surface area contributed by atoms with E-state index in [1.165, 1.54) is 64.2 Å². The summed E-state index contributed by atoms with van der Waals surface area (Å²) in [6.45, 7) is 2.17. The van der Waals surface area contributed by atoms with E-state index in [1.807, 2.05) is 0 Å². The Hall–Kier alpha value is -0.160. The minimum Gasteiger partial charge on any atom is -0.394 e. The molecule has 4 nitrogen and oxygen atoms in total. The van der Waals surface area contributed by atoms with Crippen LogP contribution in [-0.4, -0.2) is 41.9 Å². The van der Waals surface area contributed by atoms with Gasteiger partial charge in [0.1, 0.15) is 12.2 Å². The quantitative estimate of drug-likeness (QED) is 0.359. The lowest BCUT2D eigenvalue weighted by molar-refractivity contribution is -0.0275. The van der Waals surface area contributed by atoms with Crippen LogP contribution in [0.15, 0.2) is 0 Å². The van der Waals surface area contributed by atoms with Crippen LogP contribution in [-0.2, 0) is 9.47 Å². The van der Waals surface area contributed by atoms with Gasteiger partial charge in [-0.25, -0.2) is 0 Å². The van der Waals surface area contributed by atoms with Crippen molar-refractivity contribution in [1.29, 1.82) is 0 Å². The highest BCUT2D eigenvalue weighted by Gasteiger charge is 2.39. The van der Waals surface area contributed by atoms with Crippen molar-refractivity contribution in [2.75, 3.05) is 13.2 Å². The Morgan fingerprint density at radius 3 is 2.10 bits per heavy atom. The molecule has 3 atom stereocenters. The highest BCUT2D eigenvalue weighted by atomic mass is 16.8. The second kappa shape index (κ2) is 12.4. The molecule has 1 aliphatic heterocycles. The number of aliphatic hydroxyl groups is 2. The predicted octanol–water partition coefficient (Wildman–Crippen LogP) is 3.39. The minimum absolute atomic E-state index is 0.148. The number of aliphatic hydroxyl groups excluding tert-OH is 2. The molecule has 4 heteroatoms. The third kappa shape index (κ3) is 10.2. The van der Waals surface area contributed by atoms with Crippen molar-refractivity contribution in [1.82, 2.24) is 0 Å². The van der Waals surface area contributed by atoms with Crippen molar-refractivity contribution >= 4 is 0 Å². The van der Waals surface area contributed by atoms with Crippen LogP contribution in [0.3, 0.4) is 0 Å². The van der Waals surface area contributed by atoms with Crippen molar-refractivity contribution in [2.24, 2.45) is 0 Å². The number of hydrogen-bond donors (Lipinski definition) is 2. The van der Waals surface area contributed by atoms with Crippen LogP contribution in [0.25, 0.3) is 0 Å². The highest BCUT2D eigenvalue weighted by molar-refractivity contribution is 4.77. The molecule has 1 aliphatic rings. The van der Waals surface area contributed by atoms with Crippen molar-refractivity contribution in [3.63, 3.8) is 0 Å². The maximum absolute atomic E-state index is 9.15. The lowest BCUT2D eigenvalue weighted by atomic mass is 10.1. The number of hydrogen-bond acceptors (Lipinski definition) is 4. The highest BCUT2D eigenvalue weighted by Crippen LogP contribution is 2.28. The van der Waals surface area contributed by atoms with Gasteiger partial charge in [-0.2, -0.15) is 0 Å². The molecule has 0 bridgehead atoms. The zero-order valence-corrected chi connectivity index (χ0v) is 13.6. The molecule has 1 saturated heterocycles. The Balaban J connectivity index is 1.76. The van der Waals surface area contributed by atoms with E-state index < -0.39 is 6.10 Å².